The molecule has 34 rings (SSSR count). The molecule has 0 atom stereocenters. The van der Waals surface area contributed by atoms with Crippen LogP contribution in [0.3, 0.4) is 0 Å². The van der Waals surface area contributed by atoms with Gasteiger partial charge >= 0.3 is 11.9 Å². The second kappa shape index (κ2) is 6.98. The van der Waals surface area contributed by atoms with Crippen molar-refractivity contribution in [2.45, 2.75) is 24.0 Å². The first kappa shape index (κ1) is 30.2. The van der Waals surface area contributed by atoms with Gasteiger partial charge in [-0.2, -0.15) is 0 Å². The minimum atomic E-state index is -1.78. The Morgan fingerprint density at radius 2 is 0.532 bits per heavy atom. The molecule has 0 radical (unpaired) electrons. The van der Waals surface area contributed by atoms with Gasteiger partial charge in [0.2, 0.25) is 0 Å². The lowest BCUT2D eigenvalue weighted by Crippen LogP contribution is -2.38. The Labute approximate surface area is 419 Å². The fourth-order valence-corrected chi connectivity index (χ4v) is 26.5. The zero-order valence-electron chi connectivity index (χ0n) is 39.3. The number of esters is 2. The van der Waals surface area contributed by atoms with E-state index in [4.69, 9.17) is 9.47 Å². The van der Waals surface area contributed by atoms with Gasteiger partial charge in [-0.05, 0) is 324 Å². The molecule has 0 unspecified atom stereocenters. The van der Waals surface area contributed by atoms with Crippen molar-refractivity contribution >= 4 is 303 Å². The molecule has 2 spiro atoms. The molecule has 0 saturated heterocycles. The molecule has 5 aliphatic rings. The van der Waals surface area contributed by atoms with Crippen LogP contribution in [0.15, 0.2) is 24.3 Å². The second-order valence-electron chi connectivity index (χ2n) is 27.0. The number of ether oxygens (including phenoxy) is 2. The van der Waals surface area contributed by atoms with Gasteiger partial charge in [0, 0.05) is 0 Å². The van der Waals surface area contributed by atoms with Crippen LogP contribution < -0.4 is 0 Å². The molecule has 0 heterocycles. The van der Waals surface area contributed by atoms with Crippen LogP contribution in [-0.2, 0) is 43.1 Å². The lowest BCUT2D eigenvalue weighted by molar-refractivity contribution is -0.165. The number of rotatable bonds is 5. The van der Waals surface area contributed by atoms with Crippen LogP contribution in [0.4, 0.5) is 0 Å². The first-order valence-corrected chi connectivity index (χ1v) is 27.9. The molecule has 0 bridgehead atoms. The topological polar surface area (TPSA) is 72.8 Å². The van der Waals surface area contributed by atoms with Crippen LogP contribution >= 0.6 is 0 Å². The van der Waals surface area contributed by atoms with Gasteiger partial charge in [0.1, 0.15) is 6.61 Å². The van der Waals surface area contributed by atoms with Gasteiger partial charge in [-0.1, -0.05) is 24.3 Å². The average Bonchev–Trinajstić information content (AvgIpc) is 1.58. The summed E-state index contributed by atoms with van der Waals surface area (Å²) in [7, 11) is 1.54. The van der Waals surface area contributed by atoms with E-state index >= 15 is 9.59 Å². The lowest BCUT2D eigenvalue weighted by Gasteiger charge is -2.32. The monoisotopic (exact) mass is 956 g/mol. The fourth-order valence-electron chi connectivity index (χ4n) is 26.5. The highest BCUT2D eigenvalue weighted by atomic mass is 16.6. The Kier molecular flexibility index (Phi) is 2.74. The third-order valence-corrected chi connectivity index (χ3v) is 26.7. The van der Waals surface area contributed by atoms with Gasteiger partial charge in [-0.15, -0.1) is 0 Å². The predicted molar refractivity (Wildman–Crippen MR) is 310 cm³/mol. The molecule has 330 valence electrons. The fraction of sp³-hybridized carbons (Fsp3) is 0.0833. The number of carbonyl (C=O) groups excluding carboxylic acids is 2. The van der Waals surface area contributed by atoms with E-state index in [1.54, 1.807) is 53.9 Å². The molecular weight excluding hydrogens is 945 g/mol. The van der Waals surface area contributed by atoms with Gasteiger partial charge < -0.3 is 14.6 Å². The third-order valence-electron chi connectivity index (χ3n) is 26.7. The molecule has 5 aliphatic carbocycles. The van der Waals surface area contributed by atoms with E-state index in [2.05, 4.69) is 0 Å². The normalized spacial score (nSPS) is 23.0. The summed E-state index contributed by atoms with van der Waals surface area (Å²) in [5.41, 5.74) is 2.43. The molecule has 0 aliphatic heterocycles. The summed E-state index contributed by atoms with van der Waals surface area (Å²) in [4.78, 5) is 33.9. The summed E-state index contributed by atoms with van der Waals surface area (Å²) < 4.78 is 13.4. The van der Waals surface area contributed by atoms with Crippen molar-refractivity contribution in [2.24, 2.45) is 5.41 Å². The Morgan fingerprint density at radius 1 is 0.325 bits per heavy atom. The molecule has 5 nitrogen and oxygen atoms in total. The number of carbonyl (C=O) groups is 2. The van der Waals surface area contributed by atoms with Gasteiger partial charge in [0.15, 0.2) is 5.41 Å². The number of hydrogen-bond donors (Lipinski definition) is 1. The SMILES string of the molecule is COC(=O)C1(C(=O)OCc2cccc(CO)c2)C23c4c5c6c7c8c9c(c%10c%11c2c2c4c4c%12c5c5c6c6c8c8c%13c9c9c%10c%10c%11c%11c2c2c4c4c%12c%12c5c5c6c8c6c8c%13c9c9c%10c%10c%11c2c2c4c4c%12c5c6c5c8c9c%10c2c45)C713. The van der Waals surface area contributed by atoms with Crippen LogP contribution in [0.2, 0.25) is 0 Å². The van der Waals surface area contributed by atoms with Crippen molar-refractivity contribution in [1.82, 2.24) is 0 Å². The van der Waals surface area contributed by atoms with Crippen molar-refractivity contribution in [1.29, 1.82) is 0 Å². The molecule has 1 fully saturated rings. The summed E-state index contributed by atoms with van der Waals surface area (Å²) >= 11 is 0. The molecule has 0 amide bonds. The van der Waals surface area contributed by atoms with E-state index < -0.39 is 28.2 Å². The van der Waals surface area contributed by atoms with Gasteiger partial charge in [-0.25, -0.2) is 0 Å². The van der Waals surface area contributed by atoms with E-state index in [1.165, 1.54) is 266 Å². The van der Waals surface area contributed by atoms with E-state index in [0.29, 0.717) is 0 Å². The summed E-state index contributed by atoms with van der Waals surface area (Å²) in [6.45, 7) is -0.130. The lowest BCUT2D eigenvalue weighted by atomic mass is 9.68. The maximum absolute atomic E-state index is 17.2. The summed E-state index contributed by atoms with van der Waals surface area (Å²) in [5.74, 6) is -0.949. The standard InChI is InChI=1S/C72H12O5/c1-76-68(74)72(69(75)77-7-9-4-2-3-8(5-9)6-73)70-64-56-48-38-28-20-12-10-11-14-18-16(12)24-32-26(18)36-30-22(14)23-15(11)19-17-13(10)21(20)29-35-25(17)33-27(19)37-31(23)41-40(30)50-44(36)54-46(32)52(42(48)34(24)28)60(64)62(54)66-58(50)59-51(41)45(37)55-47(33)53-43(35)49(39(29)38)57(56)65(70)61(53)63(55)67(59)71(66,70)72/h2-5,73H,6-7H2,1H3. The number of benzene rings is 19. The van der Waals surface area contributed by atoms with Crippen molar-refractivity contribution in [3.63, 3.8) is 0 Å². The molecule has 29 aromatic rings. The molecule has 77 heavy (non-hydrogen) atoms. The number of aliphatic hydroxyl groups is 1. The van der Waals surface area contributed by atoms with Crippen LogP contribution in [0.25, 0.3) is 291 Å². The number of methoxy groups -OCH3 is 1. The summed E-state index contributed by atoms with van der Waals surface area (Å²) in [5, 5.41) is 89.1. The van der Waals surface area contributed by atoms with Crippen molar-refractivity contribution in [2.75, 3.05) is 7.11 Å². The quantitative estimate of drug-likeness (QED) is 0.106. The molecule has 1 saturated carbocycles. The minimum absolute atomic E-state index is 0.0173. The molecule has 0 aromatic heterocycles. The number of hydrogen-bond acceptors (Lipinski definition) is 5. The maximum atomic E-state index is 17.2. The van der Waals surface area contributed by atoms with E-state index in [0.717, 1.165) is 11.1 Å². The van der Waals surface area contributed by atoms with Crippen LogP contribution in [0.5, 0.6) is 0 Å². The van der Waals surface area contributed by atoms with E-state index in [-0.39, 0.29) is 13.2 Å². The van der Waals surface area contributed by atoms with Crippen molar-refractivity contribution in [3.05, 3.63) is 57.6 Å². The smallest absolute Gasteiger partial charge is 0.326 e. The minimum Gasteiger partial charge on any atom is -0.468 e. The molecule has 5 heteroatoms. The predicted octanol–water partition coefficient (Wildman–Crippen LogP) is 16.7. The Morgan fingerprint density at radius 3 is 0.740 bits per heavy atom. The largest absolute Gasteiger partial charge is 0.468 e. The van der Waals surface area contributed by atoms with Crippen molar-refractivity contribution < 1.29 is 24.2 Å². The second-order valence-corrected chi connectivity index (χ2v) is 27.0. The maximum Gasteiger partial charge on any atom is 0.326 e. The van der Waals surface area contributed by atoms with E-state index in [1.807, 2.05) is 24.3 Å². The molecule has 29 aromatic carbocycles. The summed E-state index contributed by atoms with van der Waals surface area (Å²) in [6.07, 6.45) is 0. The van der Waals surface area contributed by atoms with Crippen LogP contribution in [-0.4, -0.2) is 24.2 Å². The Bertz CT molecular complexity index is 7170. The zero-order valence-corrected chi connectivity index (χ0v) is 39.3. The molecule has 1 N–H and O–H groups in total. The van der Waals surface area contributed by atoms with Gasteiger partial charge in [-0.3, -0.25) is 9.59 Å². The number of aliphatic hydroxyl groups excluding tert-OH is 1. The highest BCUT2D eigenvalue weighted by Gasteiger charge is 3.01. The third kappa shape index (κ3) is 1.65. The highest BCUT2D eigenvalue weighted by molar-refractivity contribution is 6.82. The highest BCUT2D eigenvalue weighted by Crippen LogP contribution is 2.96. The first-order chi connectivity index (χ1) is 38.2. The van der Waals surface area contributed by atoms with Crippen molar-refractivity contribution in [3.8, 4) is 0 Å². The zero-order chi connectivity index (χ0) is 47.0. The van der Waals surface area contributed by atoms with Gasteiger partial charge in [0.25, 0.3) is 0 Å². The van der Waals surface area contributed by atoms with Gasteiger partial charge in [0.05, 0.1) is 24.5 Å². The van der Waals surface area contributed by atoms with Crippen LogP contribution in [0, 0.1) is 5.41 Å². The average molecular weight is 957 g/mol. The Hall–Kier alpha value is -9.42. The first-order valence-electron chi connectivity index (χ1n) is 27.9. The molecular formula is C72H12O5. The Balaban J connectivity index is 1.04. The summed E-state index contributed by atoms with van der Waals surface area (Å²) in [6, 6.07) is 7.72. The van der Waals surface area contributed by atoms with Crippen LogP contribution in [0.1, 0.15) is 33.4 Å². The van der Waals surface area contributed by atoms with E-state index in [9.17, 15) is 5.11 Å².